The molecule has 7 nitrogen and oxygen atoms in total. The summed E-state index contributed by atoms with van der Waals surface area (Å²) in [6.07, 6.45) is 3.09. The minimum Gasteiger partial charge on any atom is -0.324 e. The Bertz CT molecular complexity index is 1150. The summed E-state index contributed by atoms with van der Waals surface area (Å²) in [4.78, 5) is 4.31. The number of fused-ring (bicyclic) bond motifs is 1. The molecule has 1 aliphatic rings. The van der Waals surface area contributed by atoms with Gasteiger partial charge in [0.2, 0.25) is 16.0 Å². The van der Waals surface area contributed by atoms with E-state index < -0.39 is 10.0 Å². The minimum atomic E-state index is -3.48. The summed E-state index contributed by atoms with van der Waals surface area (Å²) in [7, 11) is -3.48. The molecule has 2 aromatic carbocycles. The predicted molar refractivity (Wildman–Crippen MR) is 111 cm³/mol. The average Bonchev–Trinajstić information content (AvgIpc) is 3.02. The molecule has 1 atom stereocenters. The molecule has 0 saturated carbocycles. The molecule has 0 amide bonds. The lowest BCUT2D eigenvalue weighted by Crippen LogP contribution is -2.20. The van der Waals surface area contributed by atoms with Crippen LogP contribution < -0.4 is 10.0 Å². The number of sulfonamides is 1. The lowest BCUT2D eigenvalue weighted by molar-refractivity contribution is 0.603. The van der Waals surface area contributed by atoms with E-state index in [4.69, 9.17) is 11.6 Å². The Balaban J connectivity index is 1.80. The zero-order valence-corrected chi connectivity index (χ0v) is 16.8. The van der Waals surface area contributed by atoms with Crippen LogP contribution in [0.1, 0.15) is 22.7 Å². The van der Waals surface area contributed by atoms with Gasteiger partial charge < -0.3 is 5.32 Å². The number of halogens is 1. The van der Waals surface area contributed by atoms with Crippen LogP contribution in [0.15, 0.2) is 54.6 Å². The van der Waals surface area contributed by atoms with E-state index in [-0.39, 0.29) is 12.0 Å². The highest BCUT2D eigenvalue weighted by Gasteiger charge is 2.26. The molecular formula is C19H18ClN5O2S. The first-order valence-corrected chi connectivity index (χ1v) is 10.8. The molecule has 1 aromatic heterocycles. The fourth-order valence-electron chi connectivity index (χ4n) is 3.00. The van der Waals surface area contributed by atoms with Crippen LogP contribution in [0.4, 0.5) is 11.9 Å². The minimum absolute atomic E-state index is 0.0212. The van der Waals surface area contributed by atoms with Crippen LogP contribution in [0.25, 0.3) is 5.70 Å². The Kier molecular flexibility index (Phi) is 4.60. The van der Waals surface area contributed by atoms with Crippen molar-refractivity contribution in [2.45, 2.75) is 13.0 Å². The second kappa shape index (κ2) is 6.96. The standard InChI is InChI=1S/C19H18ClN5O2S/c1-12-3-5-14(6-4-12)17-11-16(13-7-9-15(20)10-8-13)21-19-22-18(23-25(17)19)24-28(2,26)27/h3-11,17H,1-2H3,(H2,21,22,23,24)/t17-/m1/s1. The number of nitrogens with one attached hydrogen (secondary N) is 2. The van der Waals surface area contributed by atoms with Crippen LogP contribution in [0.2, 0.25) is 5.02 Å². The van der Waals surface area contributed by atoms with Gasteiger partial charge in [0.05, 0.1) is 6.26 Å². The van der Waals surface area contributed by atoms with Crippen LogP contribution in [-0.2, 0) is 10.0 Å². The van der Waals surface area contributed by atoms with Gasteiger partial charge in [-0.3, -0.25) is 4.72 Å². The summed E-state index contributed by atoms with van der Waals surface area (Å²) < 4.78 is 27.1. The molecule has 2 heterocycles. The van der Waals surface area contributed by atoms with Gasteiger partial charge in [-0.15, -0.1) is 5.10 Å². The molecule has 0 saturated heterocycles. The SMILES string of the molecule is Cc1ccc([C@H]2C=C(c3ccc(Cl)cc3)Nc3nc(NS(C)(=O)=O)nn32)cc1. The molecule has 28 heavy (non-hydrogen) atoms. The third kappa shape index (κ3) is 3.88. The molecule has 0 fully saturated rings. The van der Waals surface area contributed by atoms with Gasteiger partial charge in [-0.1, -0.05) is 53.6 Å². The number of nitrogens with zero attached hydrogens (tertiary/aromatic N) is 3. The highest BCUT2D eigenvalue weighted by molar-refractivity contribution is 7.91. The zero-order chi connectivity index (χ0) is 19.9. The van der Waals surface area contributed by atoms with Crippen LogP contribution in [0.3, 0.4) is 0 Å². The fourth-order valence-corrected chi connectivity index (χ4v) is 3.55. The fraction of sp³-hybridized carbons (Fsp3) is 0.158. The second-order valence-corrected chi connectivity index (χ2v) is 8.83. The van der Waals surface area contributed by atoms with Gasteiger partial charge in [-0.05, 0) is 36.3 Å². The van der Waals surface area contributed by atoms with Crippen molar-refractivity contribution in [3.05, 3.63) is 76.3 Å². The summed E-state index contributed by atoms with van der Waals surface area (Å²) in [6, 6.07) is 15.3. The number of aryl methyl sites for hydroxylation is 1. The first-order valence-electron chi connectivity index (χ1n) is 8.54. The molecule has 0 spiro atoms. The van der Waals surface area contributed by atoms with Gasteiger partial charge in [0.25, 0.3) is 5.95 Å². The second-order valence-electron chi connectivity index (χ2n) is 6.65. The summed E-state index contributed by atoms with van der Waals surface area (Å²) in [5.74, 6) is 0.469. The van der Waals surface area contributed by atoms with Crippen LogP contribution in [0.5, 0.6) is 0 Å². The number of allylic oxidation sites excluding steroid dienone is 1. The largest absolute Gasteiger partial charge is 0.324 e. The number of hydrogen-bond acceptors (Lipinski definition) is 5. The quantitative estimate of drug-likeness (QED) is 0.678. The Morgan fingerprint density at radius 1 is 1.11 bits per heavy atom. The normalized spacial score (nSPS) is 16.1. The van der Waals surface area contributed by atoms with Crippen molar-refractivity contribution in [1.29, 1.82) is 0 Å². The monoisotopic (exact) mass is 415 g/mol. The van der Waals surface area contributed by atoms with Crippen LogP contribution >= 0.6 is 11.6 Å². The van der Waals surface area contributed by atoms with Crippen molar-refractivity contribution in [3.63, 3.8) is 0 Å². The van der Waals surface area contributed by atoms with Crippen LogP contribution in [0, 0.1) is 6.92 Å². The Morgan fingerprint density at radius 3 is 2.43 bits per heavy atom. The Hall–Kier alpha value is -2.84. The third-order valence-corrected chi connectivity index (χ3v) is 5.12. The molecule has 0 aliphatic carbocycles. The maximum absolute atomic E-state index is 11.6. The first-order chi connectivity index (χ1) is 13.3. The van der Waals surface area contributed by atoms with E-state index in [0.29, 0.717) is 11.0 Å². The van der Waals surface area contributed by atoms with Crippen molar-refractivity contribution in [2.75, 3.05) is 16.3 Å². The maximum Gasteiger partial charge on any atom is 0.257 e. The van der Waals surface area contributed by atoms with Crippen molar-refractivity contribution >= 4 is 39.2 Å². The molecule has 1 aliphatic heterocycles. The van der Waals surface area contributed by atoms with Crippen molar-refractivity contribution < 1.29 is 8.42 Å². The van der Waals surface area contributed by atoms with E-state index >= 15 is 0 Å². The molecule has 0 radical (unpaired) electrons. The first kappa shape index (κ1) is 18.5. The molecule has 9 heteroatoms. The average molecular weight is 416 g/mol. The summed E-state index contributed by atoms with van der Waals surface area (Å²) in [5, 5.41) is 8.22. The van der Waals surface area contributed by atoms with E-state index in [1.807, 2.05) is 61.5 Å². The molecule has 0 unspecified atom stereocenters. The maximum atomic E-state index is 11.6. The molecule has 2 N–H and O–H groups in total. The Labute approximate surface area is 168 Å². The van der Waals surface area contributed by atoms with E-state index in [9.17, 15) is 8.42 Å². The summed E-state index contributed by atoms with van der Waals surface area (Å²) in [6.45, 7) is 2.02. The molecular weight excluding hydrogens is 398 g/mol. The molecule has 3 aromatic rings. The topological polar surface area (TPSA) is 88.9 Å². The predicted octanol–water partition coefficient (Wildman–Crippen LogP) is 3.67. The highest BCUT2D eigenvalue weighted by atomic mass is 35.5. The zero-order valence-electron chi connectivity index (χ0n) is 15.2. The van der Waals surface area contributed by atoms with E-state index in [2.05, 4.69) is 20.1 Å². The van der Waals surface area contributed by atoms with Crippen molar-refractivity contribution in [1.82, 2.24) is 14.8 Å². The number of rotatable bonds is 4. The van der Waals surface area contributed by atoms with Gasteiger partial charge in [-0.25, -0.2) is 13.1 Å². The number of aromatic nitrogens is 3. The number of anilines is 2. The lowest BCUT2D eigenvalue weighted by Gasteiger charge is -2.24. The van der Waals surface area contributed by atoms with Crippen LogP contribution in [-0.4, -0.2) is 29.4 Å². The Morgan fingerprint density at radius 2 is 1.79 bits per heavy atom. The van der Waals surface area contributed by atoms with Gasteiger partial charge in [0, 0.05) is 10.7 Å². The van der Waals surface area contributed by atoms with E-state index in [1.54, 1.807) is 4.68 Å². The third-order valence-electron chi connectivity index (χ3n) is 4.32. The lowest BCUT2D eigenvalue weighted by atomic mass is 10.0. The summed E-state index contributed by atoms with van der Waals surface area (Å²) >= 11 is 6.00. The molecule has 144 valence electrons. The van der Waals surface area contributed by atoms with E-state index in [1.165, 1.54) is 0 Å². The van der Waals surface area contributed by atoms with Gasteiger partial charge in [0.15, 0.2) is 0 Å². The van der Waals surface area contributed by atoms with Crippen molar-refractivity contribution in [3.8, 4) is 0 Å². The van der Waals surface area contributed by atoms with Crippen molar-refractivity contribution in [2.24, 2.45) is 0 Å². The van der Waals surface area contributed by atoms with E-state index in [0.717, 1.165) is 28.6 Å². The van der Waals surface area contributed by atoms with Gasteiger partial charge >= 0.3 is 0 Å². The van der Waals surface area contributed by atoms with Gasteiger partial charge in [0.1, 0.15) is 6.04 Å². The van der Waals surface area contributed by atoms with Gasteiger partial charge in [-0.2, -0.15) is 4.98 Å². The highest BCUT2D eigenvalue weighted by Crippen LogP contribution is 2.33. The smallest absolute Gasteiger partial charge is 0.257 e. The molecule has 4 rings (SSSR count). The number of hydrogen-bond donors (Lipinski definition) is 2. The summed E-state index contributed by atoms with van der Waals surface area (Å²) in [5.41, 5.74) is 3.94. The number of benzene rings is 2. The molecule has 0 bridgehead atoms.